The van der Waals surface area contributed by atoms with Crippen LogP contribution in [0.4, 0.5) is 0 Å². The monoisotopic (exact) mass is 364 g/mol. The van der Waals surface area contributed by atoms with Crippen molar-refractivity contribution in [3.63, 3.8) is 0 Å². The molecule has 0 amide bonds. The molecular weight excluding hydrogens is 348 g/mol. The molecule has 1 aromatic heterocycles. The Labute approximate surface area is 137 Å². The lowest BCUT2D eigenvalue weighted by molar-refractivity contribution is 0.363. The quantitative estimate of drug-likeness (QED) is 0.749. The van der Waals surface area contributed by atoms with E-state index in [0.29, 0.717) is 6.54 Å². The molecule has 21 heavy (non-hydrogen) atoms. The van der Waals surface area contributed by atoms with E-state index in [9.17, 15) is 0 Å². The van der Waals surface area contributed by atoms with Gasteiger partial charge in [0.25, 0.3) is 0 Å². The van der Waals surface area contributed by atoms with Gasteiger partial charge in [-0.25, -0.2) is 4.98 Å². The Bertz CT molecular complexity index is 607. The third-order valence-electron chi connectivity index (χ3n) is 3.03. The Kier molecular flexibility index (Phi) is 6.24. The second-order valence-corrected chi connectivity index (χ2v) is 6.30. The summed E-state index contributed by atoms with van der Waals surface area (Å²) in [5.41, 5.74) is 1.08. The van der Waals surface area contributed by atoms with E-state index >= 15 is 0 Å². The summed E-state index contributed by atoms with van der Waals surface area (Å²) >= 11 is 5.16. The van der Waals surface area contributed by atoms with Crippen molar-refractivity contribution in [2.75, 3.05) is 6.61 Å². The molecule has 0 spiro atoms. The van der Waals surface area contributed by atoms with Gasteiger partial charge in [0.15, 0.2) is 0 Å². The van der Waals surface area contributed by atoms with Crippen LogP contribution in [0.1, 0.15) is 30.0 Å². The zero-order valence-electron chi connectivity index (χ0n) is 11.8. The summed E-state index contributed by atoms with van der Waals surface area (Å²) in [6.45, 7) is 3.13. The third kappa shape index (κ3) is 4.57. The lowest BCUT2D eigenvalue weighted by Gasteiger charge is -2.16. The van der Waals surface area contributed by atoms with Crippen molar-refractivity contribution in [2.24, 2.45) is 0 Å². The van der Waals surface area contributed by atoms with Gasteiger partial charge in [-0.05, 0) is 24.6 Å². The molecule has 0 aliphatic rings. The van der Waals surface area contributed by atoms with Crippen LogP contribution in [0.15, 0.2) is 34.2 Å². The second kappa shape index (κ2) is 8.18. The molecule has 0 radical (unpaired) electrons. The molecule has 1 aromatic carbocycles. The van der Waals surface area contributed by atoms with Crippen LogP contribution in [0.25, 0.3) is 0 Å². The highest BCUT2D eigenvalue weighted by Gasteiger charge is 2.13. The number of ether oxygens (including phenoxy) is 1. The first-order valence-corrected chi connectivity index (χ1v) is 8.39. The van der Waals surface area contributed by atoms with Gasteiger partial charge in [-0.1, -0.05) is 28.8 Å². The molecule has 0 fully saturated rings. The summed E-state index contributed by atoms with van der Waals surface area (Å²) in [6.07, 6.45) is 8.08. The van der Waals surface area contributed by atoms with Gasteiger partial charge in [-0.3, -0.25) is 0 Å². The molecule has 0 bridgehead atoms. The molecule has 3 nitrogen and oxygen atoms in total. The predicted molar refractivity (Wildman–Crippen MR) is 90.5 cm³/mol. The van der Waals surface area contributed by atoms with Crippen LogP contribution in [-0.2, 0) is 6.54 Å². The molecule has 0 saturated heterocycles. The van der Waals surface area contributed by atoms with Crippen molar-refractivity contribution < 1.29 is 4.74 Å². The Morgan fingerprint density at radius 2 is 2.38 bits per heavy atom. The molecule has 1 heterocycles. The Hall–Kier alpha value is -1.35. The number of terminal acetylenes is 1. The Balaban J connectivity index is 2.07. The molecule has 2 rings (SSSR count). The maximum Gasteiger partial charge on any atom is 0.148 e. The van der Waals surface area contributed by atoms with Crippen molar-refractivity contribution in [3.8, 4) is 18.1 Å². The number of hydrogen-bond donors (Lipinski definition) is 1. The molecule has 2 aromatic rings. The zero-order valence-corrected chi connectivity index (χ0v) is 14.2. The number of benzene rings is 1. The first-order valence-electron chi connectivity index (χ1n) is 6.72. The van der Waals surface area contributed by atoms with Crippen molar-refractivity contribution in [1.82, 2.24) is 10.3 Å². The van der Waals surface area contributed by atoms with Gasteiger partial charge >= 0.3 is 0 Å². The molecule has 0 aliphatic carbocycles. The van der Waals surface area contributed by atoms with Crippen molar-refractivity contribution in [3.05, 3.63) is 44.8 Å². The molecule has 1 atom stereocenters. The summed E-state index contributed by atoms with van der Waals surface area (Å²) < 4.78 is 6.61. The minimum atomic E-state index is 0.254. The number of halogens is 1. The van der Waals surface area contributed by atoms with Crippen molar-refractivity contribution in [2.45, 2.75) is 25.9 Å². The van der Waals surface area contributed by atoms with Crippen LogP contribution < -0.4 is 10.1 Å². The van der Waals surface area contributed by atoms with Gasteiger partial charge in [-0.15, -0.1) is 17.8 Å². The van der Waals surface area contributed by atoms with E-state index in [1.54, 1.807) is 11.3 Å². The highest BCUT2D eigenvalue weighted by molar-refractivity contribution is 9.10. The van der Waals surface area contributed by atoms with Gasteiger partial charge < -0.3 is 10.1 Å². The summed E-state index contributed by atoms with van der Waals surface area (Å²) in [5.74, 6) is 3.31. The molecular formula is C16H17BrN2OS. The largest absolute Gasteiger partial charge is 0.481 e. The molecule has 0 saturated carbocycles. The van der Waals surface area contributed by atoms with E-state index < -0.39 is 0 Å². The summed E-state index contributed by atoms with van der Waals surface area (Å²) in [7, 11) is 0. The maximum absolute atomic E-state index is 5.59. The van der Waals surface area contributed by atoms with Crippen LogP contribution in [0.2, 0.25) is 0 Å². The average molecular weight is 365 g/mol. The van der Waals surface area contributed by atoms with Crippen LogP contribution >= 0.6 is 27.3 Å². The van der Waals surface area contributed by atoms with Gasteiger partial charge in [0.1, 0.15) is 17.4 Å². The van der Waals surface area contributed by atoms with Gasteiger partial charge in [0.05, 0.1) is 6.04 Å². The van der Waals surface area contributed by atoms with E-state index in [1.807, 2.05) is 29.8 Å². The van der Waals surface area contributed by atoms with Crippen molar-refractivity contribution >= 4 is 27.3 Å². The minimum Gasteiger partial charge on any atom is -0.481 e. The molecule has 110 valence electrons. The Morgan fingerprint density at radius 3 is 3.05 bits per heavy atom. The van der Waals surface area contributed by atoms with E-state index in [2.05, 4.69) is 39.1 Å². The second-order valence-electron chi connectivity index (χ2n) is 4.46. The Morgan fingerprint density at radius 1 is 1.52 bits per heavy atom. The first-order chi connectivity index (χ1) is 10.2. The lowest BCUT2D eigenvalue weighted by atomic mass is 10.1. The van der Waals surface area contributed by atoms with Gasteiger partial charge in [-0.2, -0.15) is 0 Å². The van der Waals surface area contributed by atoms with E-state index in [0.717, 1.165) is 27.2 Å². The lowest BCUT2D eigenvalue weighted by Crippen LogP contribution is -2.20. The fraction of sp³-hybridized carbons (Fsp3) is 0.312. The standard InChI is InChI=1S/C16H17BrN2OS/c1-3-8-20-15-6-5-13(17)10-12(15)11-19-14(4-2)16-18-7-9-21-16/h1,5-7,9-10,14,19H,4,8,11H2,2H3. The molecule has 0 aliphatic heterocycles. The number of aromatic nitrogens is 1. The number of nitrogens with one attached hydrogen (secondary N) is 1. The topological polar surface area (TPSA) is 34.1 Å². The van der Waals surface area contributed by atoms with Crippen LogP contribution in [0, 0.1) is 12.3 Å². The first kappa shape index (κ1) is 16.0. The normalized spacial score (nSPS) is 11.9. The van der Waals surface area contributed by atoms with Crippen LogP contribution in [0.5, 0.6) is 5.75 Å². The number of hydrogen-bond acceptors (Lipinski definition) is 4. The number of rotatable bonds is 7. The van der Waals surface area contributed by atoms with E-state index in [4.69, 9.17) is 11.2 Å². The molecule has 5 heteroatoms. The predicted octanol–water partition coefficient (Wildman–Crippen LogP) is 4.16. The third-order valence-corrected chi connectivity index (χ3v) is 4.41. The average Bonchev–Trinajstić information content (AvgIpc) is 3.01. The van der Waals surface area contributed by atoms with Crippen molar-refractivity contribution in [1.29, 1.82) is 0 Å². The smallest absolute Gasteiger partial charge is 0.148 e. The zero-order chi connectivity index (χ0) is 15.1. The van der Waals surface area contributed by atoms with Crippen LogP contribution in [0.3, 0.4) is 0 Å². The minimum absolute atomic E-state index is 0.254. The highest BCUT2D eigenvalue weighted by atomic mass is 79.9. The molecule has 1 N–H and O–H groups in total. The van der Waals surface area contributed by atoms with Crippen LogP contribution in [-0.4, -0.2) is 11.6 Å². The fourth-order valence-corrected chi connectivity index (χ4v) is 3.20. The summed E-state index contributed by atoms with van der Waals surface area (Å²) in [6, 6.07) is 6.19. The molecule has 1 unspecified atom stereocenters. The fourth-order valence-electron chi connectivity index (χ4n) is 1.99. The highest BCUT2D eigenvalue weighted by Crippen LogP contribution is 2.25. The number of nitrogens with zero attached hydrogens (tertiary/aromatic N) is 1. The SMILES string of the molecule is C#CCOc1ccc(Br)cc1CNC(CC)c1nccs1. The van der Waals surface area contributed by atoms with Gasteiger partial charge in [0.2, 0.25) is 0 Å². The van der Waals surface area contributed by atoms with E-state index in [-0.39, 0.29) is 12.6 Å². The van der Waals surface area contributed by atoms with Gasteiger partial charge in [0, 0.05) is 28.2 Å². The number of thiazole rings is 1. The maximum atomic E-state index is 5.59. The van der Waals surface area contributed by atoms with E-state index in [1.165, 1.54) is 0 Å². The summed E-state index contributed by atoms with van der Waals surface area (Å²) in [4.78, 5) is 4.38. The summed E-state index contributed by atoms with van der Waals surface area (Å²) in [5, 5.41) is 6.64.